The maximum absolute atomic E-state index is 10.6. The first-order chi connectivity index (χ1) is 8.68. The molecule has 1 fully saturated rings. The first-order valence-corrected chi connectivity index (χ1v) is 6.99. The summed E-state index contributed by atoms with van der Waals surface area (Å²) in [6.07, 6.45) is 0.761. The van der Waals surface area contributed by atoms with E-state index in [1.165, 1.54) is 0 Å². The fourth-order valence-corrected chi connectivity index (χ4v) is 4.06. The lowest BCUT2D eigenvalue weighted by Crippen LogP contribution is -2.11. The van der Waals surface area contributed by atoms with Gasteiger partial charge >= 0.3 is 0 Å². The summed E-state index contributed by atoms with van der Waals surface area (Å²) in [5, 5.41) is 10.7. The smallest absolute Gasteiger partial charge is 0.258 e. The number of nitrogens with zero attached hydrogens (tertiary/aromatic N) is 1. The second-order valence-corrected chi connectivity index (χ2v) is 7.13. The first-order valence-electron chi connectivity index (χ1n) is 6.55. The molecule has 0 bridgehead atoms. The minimum Gasteiger partial charge on any atom is -0.258 e. The van der Waals surface area contributed by atoms with Crippen LogP contribution in [0.5, 0.6) is 0 Å². The zero-order chi connectivity index (χ0) is 14.4. The summed E-state index contributed by atoms with van der Waals surface area (Å²) in [4.78, 5) is 10.2. The molecule has 0 amide bonds. The molecule has 0 spiro atoms. The Morgan fingerprint density at radius 3 is 2.05 bits per heavy atom. The Kier molecular flexibility index (Phi) is 3.38. The number of hydrogen-bond acceptors (Lipinski definition) is 2. The highest BCUT2D eigenvalue weighted by atomic mass is 35.5. The molecule has 0 saturated heterocycles. The number of nitro groups is 1. The molecule has 1 unspecified atom stereocenters. The number of nitro benzene ring substituents is 1. The molecule has 19 heavy (non-hydrogen) atoms. The highest BCUT2D eigenvalue weighted by molar-refractivity contribution is 6.21. The number of alkyl halides is 1. The molecule has 3 nitrogen and oxygen atoms in total. The van der Waals surface area contributed by atoms with E-state index in [9.17, 15) is 10.1 Å². The van der Waals surface area contributed by atoms with Crippen LogP contribution in [0, 0.1) is 26.9 Å². The van der Waals surface area contributed by atoms with E-state index in [2.05, 4.69) is 27.7 Å². The molecule has 0 heterocycles. The lowest BCUT2D eigenvalue weighted by Gasteiger charge is -2.11. The molecule has 104 valence electrons. The Hall–Kier alpha value is -1.09. The van der Waals surface area contributed by atoms with E-state index >= 15 is 0 Å². The van der Waals surface area contributed by atoms with Crippen LogP contribution in [0.3, 0.4) is 0 Å². The average Bonchev–Trinajstić information content (AvgIpc) is 2.69. The summed E-state index contributed by atoms with van der Waals surface area (Å²) in [6.45, 7) is 9.01. The summed E-state index contributed by atoms with van der Waals surface area (Å²) in [5.74, 6) is 0.483. The zero-order valence-corrected chi connectivity index (χ0v) is 12.6. The standard InChI is InChI=1S/C15H20ClNO2/c1-14(2)13(15(14,3)4)12(16)9-10-5-7-11(8-6-10)17(18)19/h5-8,12-13H,9H2,1-4H3. The Bertz CT molecular complexity index is 479. The molecular formula is C15H20ClNO2. The average molecular weight is 282 g/mol. The number of rotatable bonds is 4. The van der Waals surface area contributed by atoms with Gasteiger partial charge in [0.1, 0.15) is 0 Å². The molecule has 2 rings (SSSR count). The van der Waals surface area contributed by atoms with Crippen molar-refractivity contribution < 1.29 is 4.92 Å². The van der Waals surface area contributed by atoms with E-state index in [0.717, 1.165) is 12.0 Å². The monoisotopic (exact) mass is 281 g/mol. The van der Waals surface area contributed by atoms with E-state index < -0.39 is 0 Å². The van der Waals surface area contributed by atoms with Crippen LogP contribution in [0.4, 0.5) is 5.69 Å². The number of benzene rings is 1. The molecule has 1 aliphatic carbocycles. The zero-order valence-electron chi connectivity index (χ0n) is 11.8. The van der Waals surface area contributed by atoms with Crippen LogP contribution in [0.25, 0.3) is 0 Å². The minimum atomic E-state index is -0.380. The fraction of sp³-hybridized carbons (Fsp3) is 0.600. The van der Waals surface area contributed by atoms with Crippen molar-refractivity contribution in [2.24, 2.45) is 16.7 Å². The third kappa shape index (κ3) is 2.36. The molecule has 1 aromatic carbocycles. The van der Waals surface area contributed by atoms with E-state index in [1.54, 1.807) is 24.3 Å². The predicted octanol–water partition coefficient (Wildman–Crippen LogP) is 4.43. The van der Waals surface area contributed by atoms with Gasteiger partial charge in [-0.3, -0.25) is 10.1 Å². The van der Waals surface area contributed by atoms with Gasteiger partial charge in [0.25, 0.3) is 5.69 Å². The van der Waals surface area contributed by atoms with E-state index in [4.69, 9.17) is 11.6 Å². The van der Waals surface area contributed by atoms with Crippen LogP contribution in [0.2, 0.25) is 0 Å². The Morgan fingerprint density at radius 2 is 1.68 bits per heavy atom. The first kappa shape index (κ1) is 14.3. The van der Waals surface area contributed by atoms with Gasteiger partial charge in [-0.25, -0.2) is 0 Å². The van der Waals surface area contributed by atoms with Gasteiger partial charge in [0.05, 0.1) is 4.92 Å². The molecule has 1 saturated carbocycles. The van der Waals surface area contributed by atoms with Gasteiger partial charge < -0.3 is 0 Å². The lowest BCUT2D eigenvalue weighted by atomic mass is 10.0. The topological polar surface area (TPSA) is 43.1 Å². The molecule has 0 aromatic heterocycles. The third-order valence-corrected chi connectivity index (χ3v) is 5.48. The maximum atomic E-state index is 10.6. The van der Waals surface area contributed by atoms with Crippen molar-refractivity contribution >= 4 is 17.3 Å². The van der Waals surface area contributed by atoms with Crippen molar-refractivity contribution in [2.75, 3.05) is 0 Å². The van der Waals surface area contributed by atoms with Gasteiger partial charge in [0.15, 0.2) is 0 Å². The minimum absolute atomic E-state index is 0.0754. The van der Waals surface area contributed by atoms with Crippen LogP contribution in [0.15, 0.2) is 24.3 Å². The summed E-state index contributed by atoms with van der Waals surface area (Å²) in [7, 11) is 0. The molecule has 4 heteroatoms. The molecule has 0 radical (unpaired) electrons. The maximum Gasteiger partial charge on any atom is 0.269 e. The summed E-state index contributed by atoms with van der Waals surface area (Å²) >= 11 is 6.55. The van der Waals surface area contributed by atoms with E-state index in [0.29, 0.717) is 5.92 Å². The second-order valence-electron chi connectivity index (χ2n) is 6.56. The highest BCUT2D eigenvalue weighted by Crippen LogP contribution is 2.70. The van der Waals surface area contributed by atoms with Crippen LogP contribution >= 0.6 is 11.6 Å². The van der Waals surface area contributed by atoms with Crippen LogP contribution in [-0.4, -0.2) is 10.3 Å². The van der Waals surface area contributed by atoms with E-state index in [-0.39, 0.29) is 26.8 Å². The van der Waals surface area contributed by atoms with E-state index in [1.807, 2.05) is 0 Å². The quantitative estimate of drug-likeness (QED) is 0.465. The summed E-state index contributed by atoms with van der Waals surface area (Å²) in [5.41, 5.74) is 1.71. The fourth-order valence-electron chi connectivity index (χ4n) is 3.25. The van der Waals surface area contributed by atoms with Gasteiger partial charge in [-0.05, 0) is 28.7 Å². The van der Waals surface area contributed by atoms with Crippen LogP contribution in [0.1, 0.15) is 33.3 Å². The molecule has 0 aliphatic heterocycles. The SMILES string of the molecule is CC1(C)C(C(Cl)Cc2ccc([N+](=O)[O-])cc2)C1(C)C. The molecule has 0 N–H and O–H groups in total. The van der Waals surface area contributed by atoms with Crippen molar-refractivity contribution in [1.82, 2.24) is 0 Å². The number of non-ortho nitro benzene ring substituents is 1. The van der Waals surface area contributed by atoms with Crippen molar-refractivity contribution in [3.8, 4) is 0 Å². The van der Waals surface area contributed by atoms with Crippen molar-refractivity contribution in [3.63, 3.8) is 0 Å². The largest absolute Gasteiger partial charge is 0.269 e. The van der Waals surface area contributed by atoms with Crippen LogP contribution in [-0.2, 0) is 6.42 Å². The molecular weight excluding hydrogens is 262 g/mol. The lowest BCUT2D eigenvalue weighted by molar-refractivity contribution is -0.384. The molecule has 1 aromatic rings. The Labute approximate surface area is 119 Å². The molecule has 1 atom stereocenters. The summed E-state index contributed by atoms with van der Waals surface area (Å²) < 4.78 is 0. The van der Waals surface area contributed by atoms with Crippen LogP contribution < -0.4 is 0 Å². The highest BCUT2D eigenvalue weighted by Gasteiger charge is 2.66. The number of hydrogen-bond donors (Lipinski definition) is 0. The normalized spacial score (nSPS) is 21.9. The third-order valence-electron chi connectivity index (χ3n) is 5.07. The van der Waals surface area contributed by atoms with Crippen molar-refractivity contribution in [1.29, 1.82) is 0 Å². The Balaban J connectivity index is 2.04. The van der Waals surface area contributed by atoms with Crippen molar-refractivity contribution in [3.05, 3.63) is 39.9 Å². The molecule has 1 aliphatic rings. The Morgan fingerprint density at radius 1 is 1.21 bits per heavy atom. The number of halogens is 1. The second kappa shape index (κ2) is 4.48. The van der Waals surface area contributed by atoms with Gasteiger partial charge in [0.2, 0.25) is 0 Å². The summed E-state index contributed by atoms with van der Waals surface area (Å²) in [6, 6.07) is 6.69. The van der Waals surface area contributed by atoms with Crippen molar-refractivity contribution in [2.45, 2.75) is 39.5 Å². The van der Waals surface area contributed by atoms with Gasteiger partial charge in [0, 0.05) is 17.5 Å². The van der Waals surface area contributed by atoms with Gasteiger partial charge in [-0.15, -0.1) is 11.6 Å². The predicted molar refractivity (Wildman–Crippen MR) is 77.5 cm³/mol. The van der Waals surface area contributed by atoms with Gasteiger partial charge in [-0.1, -0.05) is 39.8 Å². The van der Waals surface area contributed by atoms with Gasteiger partial charge in [-0.2, -0.15) is 0 Å².